The number of aromatic nitrogens is 3. The predicted molar refractivity (Wildman–Crippen MR) is 120 cm³/mol. The van der Waals surface area contributed by atoms with Gasteiger partial charge in [0.1, 0.15) is 17.3 Å². The molecule has 32 heavy (non-hydrogen) atoms. The molecule has 0 aliphatic carbocycles. The van der Waals surface area contributed by atoms with Gasteiger partial charge in [0.15, 0.2) is 5.82 Å². The fourth-order valence-electron chi connectivity index (χ4n) is 3.77. The van der Waals surface area contributed by atoms with Gasteiger partial charge in [-0.25, -0.2) is 9.97 Å². The molecule has 0 amide bonds. The van der Waals surface area contributed by atoms with Crippen LogP contribution in [-0.4, -0.2) is 40.8 Å². The molecule has 0 saturated carbocycles. The van der Waals surface area contributed by atoms with Gasteiger partial charge in [-0.15, -0.1) is 0 Å². The Labute approximate surface area is 185 Å². The van der Waals surface area contributed by atoms with Crippen molar-refractivity contribution >= 4 is 11.6 Å². The molecule has 0 spiro atoms. The van der Waals surface area contributed by atoms with E-state index in [1.807, 2.05) is 24.3 Å². The Hall–Kier alpha value is -3.16. The second-order valence-corrected chi connectivity index (χ2v) is 8.06. The molecule has 1 unspecified atom stereocenters. The third-order valence-electron chi connectivity index (χ3n) is 5.79. The summed E-state index contributed by atoms with van der Waals surface area (Å²) in [6.45, 7) is 2.98. The summed E-state index contributed by atoms with van der Waals surface area (Å²) >= 11 is 0. The minimum Gasteiger partial charge on any atom is -0.370 e. The zero-order valence-electron chi connectivity index (χ0n) is 17.9. The summed E-state index contributed by atoms with van der Waals surface area (Å²) < 4.78 is 38.6. The van der Waals surface area contributed by atoms with Crippen molar-refractivity contribution in [1.82, 2.24) is 15.0 Å². The summed E-state index contributed by atoms with van der Waals surface area (Å²) in [6.07, 6.45) is -0.735. The van der Waals surface area contributed by atoms with Crippen molar-refractivity contribution in [3.63, 3.8) is 0 Å². The van der Waals surface area contributed by atoms with E-state index in [4.69, 9.17) is 4.98 Å². The van der Waals surface area contributed by atoms with Crippen LogP contribution in [0.15, 0.2) is 54.7 Å². The Bertz CT molecular complexity index is 1010. The van der Waals surface area contributed by atoms with Crippen LogP contribution in [0, 0.1) is 5.92 Å². The first kappa shape index (κ1) is 22.0. The Morgan fingerprint density at radius 1 is 1.00 bits per heavy atom. The van der Waals surface area contributed by atoms with Gasteiger partial charge in [0.05, 0.1) is 5.92 Å². The molecule has 168 valence electrons. The molecule has 1 aliphatic rings. The summed E-state index contributed by atoms with van der Waals surface area (Å²) in [5, 5.41) is 3.06. The molecule has 8 heteroatoms. The fourth-order valence-corrected chi connectivity index (χ4v) is 3.77. The topological polar surface area (TPSA) is 53.9 Å². The number of hydrogen-bond acceptors (Lipinski definition) is 5. The lowest BCUT2D eigenvalue weighted by Crippen LogP contribution is -2.27. The highest BCUT2D eigenvalue weighted by Gasteiger charge is 2.35. The number of alkyl halides is 3. The molecule has 0 fully saturated rings. The number of fused-ring (bicyclic) bond motifs is 1. The van der Waals surface area contributed by atoms with E-state index < -0.39 is 12.1 Å². The summed E-state index contributed by atoms with van der Waals surface area (Å²) in [4.78, 5) is 15.8. The van der Waals surface area contributed by atoms with Crippen molar-refractivity contribution in [2.75, 3.05) is 29.9 Å². The Balaban J connectivity index is 1.57. The first-order valence-electron chi connectivity index (χ1n) is 10.8. The summed E-state index contributed by atoms with van der Waals surface area (Å²) in [7, 11) is 0. The van der Waals surface area contributed by atoms with Crippen molar-refractivity contribution in [2.45, 2.75) is 32.4 Å². The van der Waals surface area contributed by atoms with Crippen molar-refractivity contribution in [3.8, 4) is 11.5 Å². The zero-order chi connectivity index (χ0) is 22.6. The van der Waals surface area contributed by atoms with Crippen LogP contribution in [0.4, 0.5) is 24.8 Å². The summed E-state index contributed by atoms with van der Waals surface area (Å²) in [6, 6.07) is 15.8. The van der Waals surface area contributed by atoms with Gasteiger partial charge in [0, 0.05) is 31.9 Å². The normalized spacial score (nSPS) is 15.1. The molecular weight excluding hydrogens is 415 g/mol. The van der Waals surface area contributed by atoms with Gasteiger partial charge in [-0.1, -0.05) is 37.3 Å². The first-order chi connectivity index (χ1) is 15.4. The summed E-state index contributed by atoms with van der Waals surface area (Å²) in [5.74, 6) is 0.332. The Morgan fingerprint density at radius 2 is 1.69 bits per heavy atom. The quantitative estimate of drug-likeness (QED) is 0.574. The van der Waals surface area contributed by atoms with Gasteiger partial charge in [-0.2, -0.15) is 13.2 Å². The molecule has 1 aliphatic heterocycles. The number of pyridine rings is 1. The Kier molecular flexibility index (Phi) is 6.58. The van der Waals surface area contributed by atoms with E-state index >= 15 is 0 Å². The molecule has 2 aromatic heterocycles. The molecule has 0 bridgehead atoms. The summed E-state index contributed by atoms with van der Waals surface area (Å²) in [5.41, 5.74) is 3.31. The second kappa shape index (κ2) is 9.54. The van der Waals surface area contributed by atoms with Gasteiger partial charge >= 0.3 is 6.18 Å². The molecule has 5 nitrogen and oxygen atoms in total. The van der Waals surface area contributed by atoms with E-state index in [2.05, 4.69) is 44.5 Å². The van der Waals surface area contributed by atoms with Crippen molar-refractivity contribution in [1.29, 1.82) is 0 Å². The average Bonchev–Trinajstić information content (AvgIpc) is 3.02. The minimum absolute atomic E-state index is 0.0270. The first-order valence-corrected chi connectivity index (χ1v) is 10.8. The third-order valence-corrected chi connectivity index (χ3v) is 5.79. The maximum atomic E-state index is 12.9. The van der Waals surface area contributed by atoms with Gasteiger partial charge in [-0.3, -0.25) is 4.98 Å². The highest BCUT2D eigenvalue weighted by molar-refractivity contribution is 5.59. The molecule has 3 heterocycles. The van der Waals surface area contributed by atoms with Crippen LogP contribution in [0.25, 0.3) is 11.5 Å². The van der Waals surface area contributed by atoms with Crippen molar-refractivity contribution in [3.05, 3.63) is 65.9 Å². The van der Waals surface area contributed by atoms with Crippen molar-refractivity contribution < 1.29 is 13.2 Å². The number of rotatable bonds is 6. The number of hydrogen-bond donors (Lipinski definition) is 1. The van der Waals surface area contributed by atoms with E-state index in [1.165, 1.54) is 18.1 Å². The van der Waals surface area contributed by atoms with Crippen LogP contribution >= 0.6 is 0 Å². The van der Waals surface area contributed by atoms with Gasteiger partial charge < -0.3 is 10.2 Å². The van der Waals surface area contributed by atoms with Crippen LogP contribution in [-0.2, 0) is 12.8 Å². The van der Waals surface area contributed by atoms with Gasteiger partial charge in [-0.05, 0) is 42.5 Å². The monoisotopic (exact) mass is 441 g/mol. The SMILES string of the molecule is CC(CCNc1cc(N2CCc3ccccc3CC2)nc(-c2ccccn2)n1)C(F)(F)F. The third kappa shape index (κ3) is 5.36. The standard InChI is InChI=1S/C24H26F3N5/c1-17(24(25,26)27)9-13-29-21-16-22(31-23(30-21)20-8-4-5-12-28-20)32-14-10-18-6-2-3-7-19(18)11-15-32/h2-8,12,16-17H,9-11,13-15H2,1H3,(H,29,30,31). The molecule has 1 aromatic carbocycles. The minimum atomic E-state index is -4.20. The average molecular weight is 442 g/mol. The van der Waals surface area contributed by atoms with Crippen LogP contribution in [0.2, 0.25) is 0 Å². The Morgan fingerprint density at radius 3 is 2.31 bits per heavy atom. The number of benzene rings is 1. The molecular formula is C24H26F3N5. The maximum Gasteiger partial charge on any atom is 0.391 e. The number of halogens is 3. The maximum absolute atomic E-state index is 12.9. The lowest BCUT2D eigenvalue weighted by Gasteiger charge is -2.23. The molecule has 0 radical (unpaired) electrons. The molecule has 0 saturated heterocycles. The van der Waals surface area contributed by atoms with Crippen LogP contribution < -0.4 is 10.2 Å². The lowest BCUT2D eigenvalue weighted by atomic mass is 10.0. The van der Waals surface area contributed by atoms with Crippen LogP contribution in [0.5, 0.6) is 0 Å². The predicted octanol–water partition coefficient (Wildman–Crippen LogP) is 5.14. The number of nitrogens with zero attached hydrogens (tertiary/aromatic N) is 4. The molecule has 4 rings (SSSR count). The number of nitrogens with one attached hydrogen (secondary N) is 1. The second-order valence-electron chi connectivity index (χ2n) is 8.06. The zero-order valence-corrected chi connectivity index (χ0v) is 17.9. The van der Waals surface area contributed by atoms with Crippen LogP contribution in [0.3, 0.4) is 0 Å². The highest BCUT2D eigenvalue weighted by Crippen LogP contribution is 2.29. The largest absolute Gasteiger partial charge is 0.391 e. The van der Waals surface area contributed by atoms with E-state index in [0.717, 1.165) is 31.7 Å². The van der Waals surface area contributed by atoms with E-state index in [0.29, 0.717) is 17.3 Å². The smallest absolute Gasteiger partial charge is 0.370 e. The van der Waals surface area contributed by atoms with Crippen LogP contribution in [0.1, 0.15) is 24.5 Å². The molecule has 1 N–H and O–H groups in total. The lowest BCUT2D eigenvalue weighted by molar-refractivity contribution is -0.170. The molecule has 3 aromatic rings. The highest BCUT2D eigenvalue weighted by atomic mass is 19.4. The fraction of sp³-hybridized carbons (Fsp3) is 0.375. The van der Waals surface area contributed by atoms with E-state index in [-0.39, 0.29) is 13.0 Å². The van der Waals surface area contributed by atoms with E-state index in [9.17, 15) is 13.2 Å². The number of anilines is 2. The van der Waals surface area contributed by atoms with Gasteiger partial charge in [0.2, 0.25) is 0 Å². The van der Waals surface area contributed by atoms with Gasteiger partial charge in [0.25, 0.3) is 0 Å². The molecule has 1 atom stereocenters. The van der Waals surface area contributed by atoms with Crippen molar-refractivity contribution in [2.24, 2.45) is 5.92 Å². The van der Waals surface area contributed by atoms with E-state index in [1.54, 1.807) is 6.20 Å².